The molecule has 0 radical (unpaired) electrons. The molecule has 1 aliphatic heterocycles. The Bertz CT molecular complexity index is 1200. The minimum atomic E-state index is -3.82. The van der Waals surface area contributed by atoms with Crippen molar-refractivity contribution >= 4 is 10.0 Å². The zero-order valence-electron chi connectivity index (χ0n) is 17.0. The number of aromatic nitrogens is 3. The van der Waals surface area contributed by atoms with E-state index in [0.717, 1.165) is 31.2 Å². The lowest BCUT2D eigenvalue weighted by molar-refractivity contribution is 0.0470. The minimum Gasteiger partial charge on any atom is -0.335 e. The average molecular weight is 443 g/mol. The molecular weight excluding hydrogens is 419 g/mol. The highest BCUT2D eigenvalue weighted by Gasteiger charge is 2.46. The molecule has 1 atom stereocenters. The molecule has 2 aromatic heterocycles. The molecule has 31 heavy (non-hydrogen) atoms. The lowest BCUT2D eigenvalue weighted by Crippen LogP contribution is -2.46. The molecule has 1 aromatic carbocycles. The van der Waals surface area contributed by atoms with E-state index >= 15 is 4.39 Å². The van der Waals surface area contributed by atoms with E-state index in [9.17, 15) is 8.42 Å². The Labute approximate surface area is 180 Å². The van der Waals surface area contributed by atoms with Gasteiger partial charge in [-0.2, -0.15) is 9.29 Å². The van der Waals surface area contributed by atoms with Crippen LogP contribution in [0.4, 0.5) is 4.39 Å². The van der Waals surface area contributed by atoms with Gasteiger partial charge in [-0.3, -0.25) is 4.98 Å². The molecule has 1 saturated heterocycles. The van der Waals surface area contributed by atoms with Gasteiger partial charge in [-0.15, -0.1) is 0 Å². The number of piperidine rings is 1. The van der Waals surface area contributed by atoms with Crippen molar-refractivity contribution in [3.05, 3.63) is 59.7 Å². The molecule has 162 valence electrons. The first-order valence-corrected chi connectivity index (χ1v) is 12.0. The summed E-state index contributed by atoms with van der Waals surface area (Å²) in [6.45, 7) is -0.0825. The number of nitrogens with zero attached hydrogens (tertiary/aromatic N) is 4. The molecule has 0 amide bonds. The van der Waals surface area contributed by atoms with Gasteiger partial charge in [0.1, 0.15) is 0 Å². The predicted molar refractivity (Wildman–Crippen MR) is 111 cm³/mol. The lowest BCUT2D eigenvalue weighted by atomic mass is 9.92. The highest BCUT2D eigenvalue weighted by Crippen LogP contribution is 2.38. The number of pyridine rings is 1. The van der Waals surface area contributed by atoms with E-state index in [1.54, 1.807) is 36.7 Å². The minimum absolute atomic E-state index is 0.126. The van der Waals surface area contributed by atoms with Crippen molar-refractivity contribution < 1.29 is 17.3 Å². The van der Waals surface area contributed by atoms with Gasteiger partial charge in [-0.05, 0) is 73.9 Å². The van der Waals surface area contributed by atoms with Crippen LogP contribution in [0.15, 0.2) is 52.1 Å². The number of benzene rings is 1. The quantitative estimate of drug-likeness (QED) is 0.613. The van der Waals surface area contributed by atoms with Gasteiger partial charge in [0.15, 0.2) is 0 Å². The number of fused-ring (bicyclic) bond motifs is 1. The van der Waals surface area contributed by atoms with Crippen LogP contribution in [0.1, 0.15) is 42.7 Å². The van der Waals surface area contributed by atoms with Crippen LogP contribution < -0.4 is 0 Å². The molecule has 1 aliphatic carbocycles. The Balaban J connectivity index is 1.41. The second-order valence-electron chi connectivity index (χ2n) is 8.20. The third kappa shape index (κ3) is 3.76. The van der Waals surface area contributed by atoms with E-state index in [-0.39, 0.29) is 36.1 Å². The summed E-state index contributed by atoms with van der Waals surface area (Å²) < 4.78 is 48.9. The highest BCUT2D eigenvalue weighted by molar-refractivity contribution is 7.89. The summed E-state index contributed by atoms with van der Waals surface area (Å²) in [5.41, 5.74) is 0.911. The fourth-order valence-corrected chi connectivity index (χ4v) is 5.97. The molecule has 3 heterocycles. The highest BCUT2D eigenvalue weighted by atomic mass is 32.2. The van der Waals surface area contributed by atoms with Crippen molar-refractivity contribution in [1.82, 2.24) is 19.4 Å². The Morgan fingerprint density at radius 2 is 1.81 bits per heavy atom. The molecule has 7 nitrogen and oxygen atoms in total. The van der Waals surface area contributed by atoms with Gasteiger partial charge >= 0.3 is 0 Å². The van der Waals surface area contributed by atoms with Crippen LogP contribution in [0.25, 0.3) is 11.4 Å². The maximum Gasteiger partial charge on any atom is 0.266 e. The van der Waals surface area contributed by atoms with Gasteiger partial charge in [-0.1, -0.05) is 11.2 Å². The maximum atomic E-state index is 15.9. The Kier molecular flexibility index (Phi) is 5.10. The summed E-state index contributed by atoms with van der Waals surface area (Å²) in [7, 11) is -3.82. The summed E-state index contributed by atoms with van der Waals surface area (Å²) >= 11 is 0. The smallest absolute Gasteiger partial charge is 0.266 e. The van der Waals surface area contributed by atoms with E-state index in [1.165, 1.54) is 9.87 Å². The molecule has 0 saturated carbocycles. The molecule has 1 fully saturated rings. The molecule has 2 aliphatic rings. The first-order chi connectivity index (χ1) is 15.0. The monoisotopic (exact) mass is 442 g/mol. The van der Waals surface area contributed by atoms with Crippen LogP contribution in [0, 0.1) is 0 Å². The fraction of sp³-hybridized carbons (Fsp3) is 0.409. The first-order valence-electron chi connectivity index (χ1n) is 10.5. The van der Waals surface area contributed by atoms with Crippen LogP contribution in [0.2, 0.25) is 0 Å². The number of sulfonamides is 1. The van der Waals surface area contributed by atoms with E-state index in [2.05, 4.69) is 15.1 Å². The predicted octanol–water partition coefficient (Wildman–Crippen LogP) is 3.66. The number of aryl methyl sites for hydroxylation is 2. The van der Waals surface area contributed by atoms with Crippen molar-refractivity contribution in [2.75, 3.05) is 13.1 Å². The van der Waals surface area contributed by atoms with Gasteiger partial charge in [-0.25, -0.2) is 12.8 Å². The molecule has 0 N–H and O–H groups in total. The Hall–Kier alpha value is -2.65. The van der Waals surface area contributed by atoms with Crippen LogP contribution in [-0.4, -0.2) is 40.9 Å². The van der Waals surface area contributed by atoms with Crippen LogP contribution in [0.3, 0.4) is 0 Å². The summed E-state index contributed by atoms with van der Waals surface area (Å²) in [6.07, 6.45) is 7.71. The van der Waals surface area contributed by atoms with Crippen molar-refractivity contribution in [3.63, 3.8) is 0 Å². The van der Waals surface area contributed by atoms with Crippen LogP contribution in [-0.2, 0) is 28.5 Å². The largest absolute Gasteiger partial charge is 0.335 e. The molecule has 0 spiro atoms. The zero-order valence-corrected chi connectivity index (χ0v) is 17.8. The van der Waals surface area contributed by atoms with Crippen molar-refractivity contribution in [2.45, 2.75) is 49.1 Å². The van der Waals surface area contributed by atoms with Gasteiger partial charge in [0.25, 0.3) is 5.89 Å². The summed E-state index contributed by atoms with van der Waals surface area (Å²) in [5, 5.41) is 3.88. The molecule has 1 unspecified atom stereocenters. The molecular formula is C22H23FN4O3S. The SMILES string of the molecule is O=S(=O)(c1ccc2c(c1)CCCC2)N1CCCC(F)(c2nc(-c3ccncc3)no2)C1. The molecule has 9 heteroatoms. The summed E-state index contributed by atoms with van der Waals surface area (Å²) in [6, 6.07) is 8.70. The van der Waals surface area contributed by atoms with E-state index in [4.69, 9.17) is 4.52 Å². The zero-order chi connectivity index (χ0) is 21.5. The number of alkyl halides is 1. The standard InChI is InChI=1S/C22H23FN4O3S/c23-22(21-25-20(26-30-21)17-8-11-24-12-9-17)10-3-13-27(15-22)31(28,29)19-7-6-16-4-1-2-5-18(16)14-19/h6-9,11-12,14H,1-5,10,13,15H2. The van der Waals surface area contributed by atoms with E-state index < -0.39 is 15.7 Å². The topological polar surface area (TPSA) is 89.2 Å². The molecule has 0 bridgehead atoms. The van der Waals surface area contributed by atoms with Crippen LogP contribution >= 0.6 is 0 Å². The molecule has 3 aromatic rings. The van der Waals surface area contributed by atoms with Crippen molar-refractivity contribution in [2.24, 2.45) is 0 Å². The lowest BCUT2D eigenvalue weighted by Gasteiger charge is -2.34. The fourth-order valence-electron chi connectivity index (χ4n) is 4.40. The maximum absolute atomic E-state index is 15.9. The van der Waals surface area contributed by atoms with Gasteiger partial charge < -0.3 is 4.52 Å². The second-order valence-corrected chi connectivity index (χ2v) is 10.1. The first kappa shape index (κ1) is 20.3. The van der Waals surface area contributed by atoms with E-state index in [0.29, 0.717) is 12.0 Å². The number of hydrogen-bond acceptors (Lipinski definition) is 6. The number of rotatable bonds is 4. The summed E-state index contributed by atoms with van der Waals surface area (Å²) in [4.78, 5) is 8.38. The van der Waals surface area contributed by atoms with Gasteiger partial charge in [0.2, 0.25) is 21.5 Å². The average Bonchev–Trinajstić information content (AvgIpc) is 3.31. The third-order valence-electron chi connectivity index (χ3n) is 6.11. The van der Waals surface area contributed by atoms with Crippen molar-refractivity contribution in [1.29, 1.82) is 0 Å². The Morgan fingerprint density at radius 1 is 1.03 bits per heavy atom. The molecule has 5 rings (SSSR count). The Morgan fingerprint density at radius 3 is 2.61 bits per heavy atom. The van der Waals surface area contributed by atoms with Crippen LogP contribution in [0.5, 0.6) is 0 Å². The summed E-state index contributed by atoms with van der Waals surface area (Å²) in [5.74, 6) is 0.0637. The van der Waals surface area contributed by atoms with Crippen molar-refractivity contribution in [3.8, 4) is 11.4 Å². The van der Waals surface area contributed by atoms with Gasteiger partial charge in [0.05, 0.1) is 11.4 Å². The number of hydrogen-bond donors (Lipinski definition) is 0. The normalized spacial score (nSPS) is 22.2. The third-order valence-corrected chi connectivity index (χ3v) is 7.95. The van der Waals surface area contributed by atoms with E-state index in [1.807, 2.05) is 6.07 Å². The second kappa shape index (κ2) is 7.80. The number of halogens is 1. The van der Waals surface area contributed by atoms with Gasteiger partial charge in [0, 0.05) is 24.5 Å².